The molecule has 0 aliphatic heterocycles. The zero-order chi connectivity index (χ0) is 18.2. The number of aromatic hydroxyl groups is 2. The first-order valence-corrected chi connectivity index (χ1v) is 7.64. The maximum absolute atomic E-state index is 11.1. The Morgan fingerprint density at radius 1 is 1.04 bits per heavy atom. The number of phenols is 2. The van der Waals surface area contributed by atoms with Gasteiger partial charge in [0.05, 0.1) is 13.1 Å². The minimum absolute atomic E-state index is 0.0750. The molecule has 2 aromatic rings. The van der Waals surface area contributed by atoms with Crippen molar-refractivity contribution < 1.29 is 15.0 Å². The third-order valence-electron chi connectivity index (χ3n) is 3.22. The Labute approximate surface area is 145 Å². The highest BCUT2D eigenvalue weighted by Crippen LogP contribution is 2.20. The Morgan fingerprint density at radius 2 is 1.60 bits per heavy atom. The molecule has 1 amide bonds. The highest BCUT2D eigenvalue weighted by molar-refractivity contribution is 5.91. The number of anilines is 2. The highest BCUT2D eigenvalue weighted by Gasteiger charge is 2.02. The lowest BCUT2D eigenvalue weighted by Gasteiger charge is -2.04. The van der Waals surface area contributed by atoms with Crippen LogP contribution in [0.2, 0.25) is 0 Å². The van der Waals surface area contributed by atoms with Gasteiger partial charge in [0.1, 0.15) is 11.5 Å². The van der Waals surface area contributed by atoms with E-state index in [1.54, 1.807) is 24.3 Å². The van der Waals surface area contributed by atoms with Crippen molar-refractivity contribution in [3.63, 3.8) is 0 Å². The minimum Gasteiger partial charge on any atom is -0.507 e. The Hall–Kier alpha value is -3.35. The Balaban J connectivity index is 1.92. The van der Waals surface area contributed by atoms with Crippen LogP contribution >= 0.6 is 0 Å². The lowest BCUT2D eigenvalue weighted by atomic mass is 10.2. The molecule has 0 radical (unpaired) electrons. The second-order valence-electron chi connectivity index (χ2n) is 5.34. The van der Waals surface area contributed by atoms with Crippen LogP contribution in [0, 0.1) is 0 Å². The average Bonchev–Trinajstić information content (AvgIpc) is 2.56. The first-order valence-electron chi connectivity index (χ1n) is 7.64. The predicted molar refractivity (Wildman–Crippen MR) is 99.9 cm³/mol. The number of carbonyl (C=O) groups is 1. The normalized spacial score (nSPS) is 11.2. The fourth-order valence-electron chi connectivity index (χ4n) is 2.06. The molecule has 0 aliphatic rings. The average molecular weight is 340 g/mol. The van der Waals surface area contributed by atoms with Crippen molar-refractivity contribution in [2.75, 3.05) is 24.1 Å². The van der Waals surface area contributed by atoms with Gasteiger partial charge in [0.25, 0.3) is 0 Å². The van der Waals surface area contributed by atoms with Gasteiger partial charge in [-0.05, 0) is 36.4 Å². The van der Waals surface area contributed by atoms with Gasteiger partial charge in [-0.3, -0.25) is 14.8 Å². The van der Waals surface area contributed by atoms with Gasteiger partial charge in [0.15, 0.2) is 0 Å². The van der Waals surface area contributed by atoms with E-state index in [1.807, 2.05) is 0 Å². The van der Waals surface area contributed by atoms with Crippen molar-refractivity contribution in [1.29, 1.82) is 0 Å². The van der Waals surface area contributed by atoms with Crippen molar-refractivity contribution >= 4 is 29.7 Å². The van der Waals surface area contributed by atoms with Gasteiger partial charge in [-0.25, -0.2) is 0 Å². The smallest absolute Gasteiger partial charge is 0.221 e. The standard InChI is InChI=1S/C18H20N4O3/c1-12(23)22-16-3-5-18(25)14(9-16)11-21-7-6-20-10-13-8-15(19)2-4-17(13)24/h2-5,8-11,24-25H,6-7,19H2,1H3,(H,22,23)/b20-10+,21-11+. The molecule has 0 spiro atoms. The number of rotatable bonds is 6. The lowest BCUT2D eigenvalue weighted by molar-refractivity contribution is -0.114. The van der Waals surface area contributed by atoms with Crippen LogP contribution in [0.3, 0.4) is 0 Å². The molecule has 0 saturated heterocycles. The third-order valence-corrected chi connectivity index (χ3v) is 3.22. The number of nitrogens with one attached hydrogen (secondary N) is 1. The Kier molecular flexibility index (Phi) is 6.11. The van der Waals surface area contributed by atoms with E-state index in [2.05, 4.69) is 15.3 Å². The summed E-state index contributed by atoms with van der Waals surface area (Å²) >= 11 is 0. The van der Waals surface area contributed by atoms with E-state index in [1.165, 1.54) is 31.5 Å². The molecule has 0 heterocycles. The van der Waals surface area contributed by atoms with Gasteiger partial charge in [-0.15, -0.1) is 0 Å². The molecular weight excluding hydrogens is 320 g/mol. The monoisotopic (exact) mass is 340 g/mol. The molecular formula is C18H20N4O3. The van der Waals surface area contributed by atoms with Crippen LogP contribution in [0.5, 0.6) is 11.5 Å². The zero-order valence-electron chi connectivity index (χ0n) is 13.8. The number of carbonyl (C=O) groups excluding carboxylic acids is 1. The summed E-state index contributed by atoms with van der Waals surface area (Å²) in [5.74, 6) is -0.0000802. The van der Waals surface area contributed by atoms with E-state index in [0.717, 1.165) is 0 Å². The number of hydrogen-bond donors (Lipinski definition) is 4. The first kappa shape index (κ1) is 18.0. The summed E-state index contributed by atoms with van der Waals surface area (Å²) in [6.07, 6.45) is 3.06. The fourth-order valence-corrected chi connectivity index (χ4v) is 2.06. The summed E-state index contributed by atoms with van der Waals surface area (Å²) in [6.45, 7) is 2.23. The van der Waals surface area contributed by atoms with Gasteiger partial charge >= 0.3 is 0 Å². The molecule has 5 N–H and O–H groups in total. The zero-order valence-corrected chi connectivity index (χ0v) is 13.8. The molecule has 0 bridgehead atoms. The predicted octanol–water partition coefficient (Wildman–Crippen LogP) is 2.18. The topological polar surface area (TPSA) is 120 Å². The second-order valence-corrected chi connectivity index (χ2v) is 5.34. The number of amides is 1. The van der Waals surface area contributed by atoms with Crippen molar-refractivity contribution in [2.45, 2.75) is 6.92 Å². The Bertz CT molecular complexity index is 816. The molecule has 7 nitrogen and oxygen atoms in total. The van der Waals surface area contributed by atoms with E-state index in [4.69, 9.17) is 5.73 Å². The molecule has 2 aromatic carbocycles. The van der Waals surface area contributed by atoms with Crippen molar-refractivity contribution in [3.8, 4) is 11.5 Å². The molecule has 0 unspecified atom stereocenters. The maximum atomic E-state index is 11.1. The lowest BCUT2D eigenvalue weighted by Crippen LogP contribution is -2.05. The molecule has 0 aromatic heterocycles. The van der Waals surface area contributed by atoms with Crippen LogP contribution < -0.4 is 11.1 Å². The summed E-state index contributed by atoms with van der Waals surface area (Å²) < 4.78 is 0. The van der Waals surface area contributed by atoms with E-state index in [0.29, 0.717) is 35.6 Å². The molecule has 130 valence electrons. The van der Waals surface area contributed by atoms with Crippen LogP contribution in [0.25, 0.3) is 0 Å². The number of nitrogens with two attached hydrogens (primary N) is 1. The minimum atomic E-state index is -0.187. The number of phenolic OH excluding ortho intramolecular Hbond substituents is 2. The van der Waals surface area contributed by atoms with Crippen LogP contribution in [0.1, 0.15) is 18.1 Å². The largest absolute Gasteiger partial charge is 0.507 e. The van der Waals surface area contributed by atoms with Crippen molar-refractivity contribution in [1.82, 2.24) is 0 Å². The fraction of sp³-hybridized carbons (Fsp3) is 0.167. The first-order chi connectivity index (χ1) is 12.0. The second kappa shape index (κ2) is 8.49. The summed E-state index contributed by atoms with van der Waals surface area (Å²) in [4.78, 5) is 19.4. The maximum Gasteiger partial charge on any atom is 0.221 e. The van der Waals surface area contributed by atoms with Crippen molar-refractivity contribution in [2.24, 2.45) is 9.98 Å². The van der Waals surface area contributed by atoms with E-state index >= 15 is 0 Å². The summed E-state index contributed by atoms with van der Waals surface area (Å²) in [5, 5.41) is 22.1. The molecule has 0 atom stereocenters. The molecule has 7 heteroatoms. The SMILES string of the molecule is CC(=O)Nc1ccc(O)c(/C=N/CC/N=C/c2cc(N)ccc2O)c1. The molecule has 0 aliphatic carbocycles. The van der Waals surface area contributed by atoms with Gasteiger partial charge in [0, 0.05) is 41.9 Å². The number of nitrogen functional groups attached to an aromatic ring is 1. The van der Waals surface area contributed by atoms with Crippen LogP contribution in [0.15, 0.2) is 46.4 Å². The van der Waals surface area contributed by atoms with E-state index in [9.17, 15) is 15.0 Å². The number of nitrogens with zero attached hydrogens (tertiary/aromatic N) is 2. The van der Waals surface area contributed by atoms with Crippen LogP contribution in [-0.2, 0) is 4.79 Å². The van der Waals surface area contributed by atoms with Gasteiger partial charge < -0.3 is 21.3 Å². The van der Waals surface area contributed by atoms with E-state index in [-0.39, 0.29) is 17.4 Å². The number of aliphatic imine (C=N–C) groups is 2. The van der Waals surface area contributed by atoms with Gasteiger partial charge in [-0.1, -0.05) is 0 Å². The molecule has 2 rings (SSSR count). The highest BCUT2D eigenvalue weighted by atomic mass is 16.3. The summed E-state index contributed by atoms with van der Waals surface area (Å²) in [6, 6.07) is 9.49. The Morgan fingerprint density at radius 3 is 2.20 bits per heavy atom. The molecule has 0 saturated carbocycles. The third kappa shape index (κ3) is 5.65. The van der Waals surface area contributed by atoms with Crippen molar-refractivity contribution in [3.05, 3.63) is 47.5 Å². The van der Waals surface area contributed by atoms with Gasteiger partial charge in [0.2, 0.25) is 5.91 Å². The molecule has 0 fully saturated rings. The van der Waals surface area contributed by atoms with Crippen LogP contribution in [0.4, 0.5) is 11.4 Å². The van der Waals surface area contributed by atoms with Crippen LogP contribution in [-0.4, -0.2) is 41.6 Å². The molecule has 25 heavy (non-hydrogen) atoms. The quantitative estimate of drug-likeness (QED) is 0.279. The summed E-state index contributed by atoms with van der Waals surface area (Å²) in [5.41, 5.74) is 7.84. The number of hydrogen-bond acceptors (Lipinski definition) is 6. The van der Waals surface area contributed by atoms with E-state index < -0.39 is 0 Å². The van der Waals surface area contributed by atoms with Gasteiger partial charge in [-0.2, -0.15) is 0 Å². The number of benzene rings is 2. The summed E-state index contributed by atoms with van der Waals surface area (Å²) in [7, 11) is 0.